The molecule has 1 saturated heterocycles. The largest absolute Gasteiger partial charge is 0.490 e. The highest BCUT2D eigenvalue weighted by atomic mass is 31.3. The number of nitrogens with one attached hydrogen (secondary N) is 1. The van der Waals surface area contributed by atoms with Crippen molar-refractivity contribution in [1.82, 2.24) is 9.97 Å². The van der Waals surface area contributed by atoms with Gasteiger partial charge in [-0.3, -0.25) is 4.52 Å². The summed E-state index contributed by atoms with van der Waals surface area (Å²) in [5.74, 6) is 0. The fourth-order valence-corrected chi connectivity index (χ4v) is 5.67. The van der Waals surface area contributed by atoms with Crippen molar-refractivity contribution in [1.29, 1.82) is 0 Å². The molecule has 6 atom stereocenters. The van der Waals surface area contributed by atoms with E-state index in [0.717, 1.165) is 0 Å². The SMILES string of the molecule is CO[C@H]1C(O)[C@@H](COP(=O)(O)OP(=O)(O)OP(=O)(O)O)O[C@H]1c1cnc(=O)[nH]c1C. The Morgan fingerprint density at radius 1 is 1.17 bits per heavy atom. The van der Waals surface area contributed by atoms with Crippen LogP contribution in [0.4, 0.5) is 0 Å². The Morgan fingerprint density at radius 3 is 2.33 bits per heavy atom. The van der Waals surface area contributed by atoms with Crippen LogP contribution in [0.5, 0.6) is 0 Å². The molecule has 0 amide bonds. The van der Waals surface area contributed by atoms with E-state index in [4.69, 9.17) is 24.2 Å². The lowest BCUT2D eigenvalue weighted by Gasteiger charge is -2.19. The fourth-order valence-electron chi connectivity index (χ4n) is 2.64. The van der Waals surface area contributed by atoms with Gasteiger partial charge in [-0.15, -0.1) is 0 Å². The van der Waals surface area contributed by atoms with Gasteiger partial charge in [0.1, 0.15) is 24.4 Å². The van der Waals surface area contributed by atoms with Crippen molar-refractivity contribution in [3.05, 3.63) is 27.9 Å². The average molecular weight is 496 g/mol. The Kier molecular flexibility index (Phi) is 7.92. The third-order valence-electron chi connectivity index (χ3n) is 3.78. The maximum Gasteiger partial charge on any atom is 0.490 e. The molecule has 30 heavy (non-hydrogen) atoms. The second kappa shape index (κ2) is 9.35. The number of hydrogen-bond donors (Lipinski definition) is 6. The molecule has 0 spiro atoms. The highest BCUT2D eigenvalue weighted by molar-refractivity contribution is 7.66. The van der Waals surface area contributed by atoms with E-state index in [-0.39, 0.29) is 0 Å². The van der Waals surface area contributed by atoms with E-state index < -0.39 is 60.2 Å². The highest BCUT2D eigenvalue weighted by Gasteiger charge is 2.47. The maximum absolute atomic E-state index is 11.8. The normalized spacial score (nSPS) is 28.8. The van der Waals surface area contributed by atoms with Crippen molar-refractivity contribution in [2.24, 2.45) is 0 Å². The Labute approximate surface area is 168 Å². The summed E-state index contributed by atoms with van der Waals surface area (Å²) in [6.45, 7) is 0.678. The summed E-state index contributed by atoms with van der Waals surface area (Å²) in [7, 11) is -15.3. The Morgan fingerprint density at radius 2 is 1.80 bits per heavy atom. The Balaban J connectivity index is 2.09. The molecule has 172 valence electrons. The first-order valence-electron chi connectivity index (χ1n) is 7.84. The number of aromatic amines is 1. The summed E-state index contributed by atoms with van der Waals surface area (Å²) < 4.78 is 56.1. The molecule has 2 rings (SSSR count). The summed E-state index contributed by atoms with van der Waals surface area (Å²) in [6.07, 6.45) is -3.51. The lowest BCUT2D eigenvalue weighted by atomic mass is 10.0. The standard InChI is InChI=1S/C11H19N2O14P3/c1-5-6(3-12-11(15)13-5)9-10(23-2)8(14)7(25-9)4-24-29(19,20)27-30(21,22)26-28(16,17)18/h3,7-10,14H,4H2,1-2H3,(H,19,20)(H,21,22)(H,12,13,15)(H2,16,17,18)/t7-,8?,9+,10+/m1/s1. The van der Waals surface area contributed by atoms with Gasteiger partial charge in [0.25, 0.3) is 0 Å². The number of ether oxygens (including phenoxy) is 2. The van der Waals surface area contributed by atoms with Gasteiger partial charge in [0, 0.05) is 24.6 Å². The zero-order valence-electron chi connectivity index (χ0n) is 15.3. The van der Waals surface area contributed by atoms with Crippen LogP contribution in [0.2, 0.25) is 0 Å². The lowest BCUT2D eigenvalue weighted by molar-refractivity contribution is -0.0234. The molecule has 0 bridgehead atoms. The number of phosphoric acid groups is 3. The fraction of sp³-hybridized carbons (Fsp3) is 0.636. The summed E-state index contributed by atoms with van der Waals surface area (Å²) in [4.78, 5) is 52.9. The summed E-state index contributed by atoms with van der Waals surface area (Å²) >= 11 is 0. The Hall–Kier alpha value is -0.830. The van der Waals surface area contributed by atoms with Crippen LogP contribution in [0.15, 0.2) is 11.0 Å². The number of H-pyrrole nitrogens is 1. The van der Waals surface area contributed by atoms with Gasteiger partial charge in [0.05, 0.1) is 6.61 Å². The van der Waals surface area contributed by atoms with E-state index in [9.17, 15) is 28.5 Å². The van der Waals surface area contributed by atoms with Gasteiger partial charge in [0.15, 0.2) is 0 Å². The molecule has 16 nitrogen and oxygen atoms in total. The first kappa shape index (κ1) is 25.4. The minimum atomic E-state index is -5.67. The molecule has 3 unspecified atom stereocenters. The monoisotopic (exact) mass is 496 g/mol. The van der Waals surface area contributed by atoms with Gasteiger partial charge in [-0.05, 0) is 6.92 Å². The molecule has 6 N–H and O–H groups in total. The minimum absolute atomic E-state index is 0.348. The average Bonchev–Trinajstić information content (AvgIpc) is 2.85. The van der Waals surface area contributed by atoms with Crippen molar-refractivity contribution in [3.63, 3.8) is 0 Å². The summed E-state index contributed by atoms with van der Waals surface area (Å²) in [5.41, 5.74) is 0.0945. The third kappa shape index (κ3) is 6.84. The quantitative estimate of drug-likeness (QED) is 0.230. The zero-order chi connectivity index (χ0) is 22.9. The van der Waals surface area contributed by atoms with E-state index in [2.05, 4.69) is 23.1 Å². The van der Waals surface area contributed by atoms with E-state index >= 15 is 0 Å². The lowest BCUT2D eigenvalue weighted by Crippen LogP contribution is -2.34. The molecule has 0 aromatic carbocycles. The molecule has 1 fully saturated rings. The number of methoxy groups -OCH3 is 1. The van der Waals surface area contributed by atoms with Gasteiger partial charge < -0.3 is 39.1 Å². The first-order valence-corrected chi connectivity index (χ1v) is 12.4. The van der Waals surface area contributed by atoms with Crippen LogP contribution in [0.1, 0.15) is 17.4 Å². The molecule has 1 aliphatic heterocycles. The van der Waals surface area contributed by atoms with Gasteiger partial charge in [-0.2, -0.15) is 8.62 Å². The van der Waals surface area contributed by atoms with Gasteiger partial charge >= 0.3 is 29.2 Å². The predicted molar refractivity (Wildman–Crippen MR) is 93.8 cm³/mol. The number of phosphoric ester groups is 1. The highest BCUT2D eigenvalue weighted by Crippen LogP contribution is 2.66. The van der Waals surface area contributed by atoms with Gasteiger partial charge in [0.2, 0.25) is 0 Å². The van der Waals surface area contributed by atoms with Crippen molar-refractivity contribution in [3.8, 4) is 0 Å². The third-order valence-corrected chi connectivity index (χ3v) is 7.58. The van der Waals surface area contributed by atoms with Crippen LogP contribution in [-0.4, -0.2) is 66.7 Å². The van der Waals surface area contributed by atoms with E-state index in [1.165, 1.54) is 13.3 Å². The van der Waals surface area contributed by atoms with E-state index in [1.54, 1.807) is 6.92 Å². The van der Waals surface area contributed by atoms with Crippen molar-refractivity contribution < 1.29 is 61.0 Å². The van der Waals surface area contributed by atoms with Crippen molar-refractivity contribution in [2.75, 3.05) is 13.7 Å². The predicted octanol–water partition coefficient (Wildman–Crippen LogP) is -0.763. The zero-order valence-corrected chi connectivity index (χ0v) is 18.0. The molecule has 0 saturated carbocycles. The molecular formula is C11H19N2O14P3. The number of nitrogens with zero attached hydrogens (tertiary/aromatic N) is 1. The maximum atomic E-state index is 11.8. The molecule has 0 aliphatic carbocycles. The first-order chi connectivity index (χ1) is 13.6. The van der Waals surface area contributed by atoms with Gasteiger partial charge in [-0.25, -0.2) is 23.5 Å². The van der Waals surface area contributed by atoms with Gasteiger partial charge in [-0.1, -0.05) is 0 Å². The number of aryl methyl sites for hydroxylation is 1. The van der Waals surface area contributed by atoms with Crippen LogP contribution in [0.3, 0.4) is 0 Å². The molecule has 1 aliphatic rings. The van der Waals surface area contributed by atoms with Crippen molar-refractivity contribution in [2.45, 2.75) is 31.3 Å². The molecule has 1 aromatic rings. The van der Waals surface area contributed by atoms with E-state index in [1.807, 2.05) is 0 Å². The van der Waals surface area contributed by atoms with Crippen molar-refractivity contribution >= 4 is 23.5 Å². The smallest absolute Gasteiger partial charge is 0.387 e. The second-order valence-corrected chi connectivity index (χ2v) is 10.4. The summed E-state index contributed by atoms with van der Waals surface area (Å²) in [6, 6.07) is 0. The topological polar surface area (TPSA) is 244 Å². The number of aromatic nitrogens is 2. The van der Waals surface area contributed by atoms with Crippen LogP contribution in [-0.2, 0) is 36.3 Å². The number of hydrogen-bond acceptors (Lipinski definition) is 11. The Bertz CT molecular complexity index is 961. The number of aliphatic hydroxyl groups is 1. The van der Waals surface area contributed by atoms with Crippen LogP contribution >= 0.6 is 23.5 Å². The number of aliphatic hydroxyl groups excluding tert-OH is 1. The van der Waals surface area contributed by atoms with E-state index in [0.29, 0.717) is 11.3 Å². The van der Waals surface area contributed by atoms with Crippen LogP contribution < -0.4 is 5.69 Å². The molecule has 2 heterocycles. The molecule has 19 heteroatoms. The molecular weight excluding hydrogens is 477 g/mol. The molecule has 0 radical (unpaired) electrons. The van der Waals surface area contributed by atoms with Crippen LogP contribution in [0.25, 0.3) is 0 Å². The second-order valence-electron chi connectivity index (χ2n) is 5.94. The molecule has 1 aromatic heterocycles. The van der Waals surface area contributed by atoms with Crippen LogP contribution in [0, 0.1) is 6.92 Å². The minimum Gasteiger partial charge on any atom is -0.387 e. The summed E-state index contributed by atoms with van der Waals surface area (Å²) in [5, 5.41) is 10.3. The number of rotatable bonds is 9.